The molecule has 0 radical (unpaired) electrons. The Kier molecular flexibility index (Phi) is 5.10. The van der Waals surface area contributed by atoms with E-state index in [9.17, 15) is 0 Å². The van der Waals surface area contributed by atoms with Gasteiger partial charge >= 0.3 is 0 Å². The molecule has 4 heteroatoms. The lowest BCUT2D eigenvalue weighted by molar-refractivity contribution is 0.0770. The number of hydrogen-bond donors (Lipinski definition) is 1. The van der Waals surface area contributed by atoms with Crippen LogP contribution in [0.5, 0.6) is 5.75 Å². The van der Waals surface area contributed by atoms with E-state index >= 15 is 0 Å². The van der Waals surface area contributed by atoms with Crippen LogP contribution in [0.4, 0.5) is 0 Å². The van der Waals surface area contributed by atoms with E-state index in [4.69, 9.17) is 21.1 Å². The highest BCUT2D eigenvalue weighted by Gasteiger charge is 2.12. The maximum atomic E-state index is 5.87. The average Bonchev–Trinajstić information content (AvgIpc) is 2.36. The second-order valence-electron chi connectivity index (χ2n) is 4.15. The first-order valence-electron chi connectivity index (χ1n) is 6.04. The van der Waals surface area contributed by atoms with Crippen LogP contribution in [0.3, 0.4) is 0 Å². The fraction of sp³-hybridized carbons (Fsp3) is 0.538. The third kappa shape index (κ3) is 4.54. The molecule has 1 aliphatic rings. The minimum absolute atomic E-state index is 0.576. The molecule has 1 aromatic rings. The summed E-state index contributed by atoms with van der Waals surface area (Å²) in [5, 5.41) is 4.18. The van der Waals surface area contributed by atoms with Crippen molar-refractivity contribution in [1.29, 1.82) is 0 Å². The van der Waals surface area contributed by atoms with E-state index in [1.54, 1.807) is 0 Å². The lowest BCUT2D eigenvalue weighted by Crippen LogP contribution is -2.37. The van der Waals surface area contributed by atoms with Crippen molar-refractivity contribution in [2.75, 3.05) is 26.4 Å². The Morgan fingerprint density at radius 1 is 1.35 bits per heavy atom. The summed E-state index contributed by atoms with van der Waals surface area (Å²) in [6.45, 7) is 3.26. The molecule has 0 aromatic heterocycles. The predicted octanol–water partition coefficient (Wildman–Crippen LogP) is 2.49. The van der Waals surface area contributed by atoms with E-state index in [0.717, 1.165) is 38.3 Å². The van der Waals surface area contributed by atoms with Gasteiger partial charge in [0.15, 0.2) is 0 Å². The first-order chi connectivity index (χ1) is 8.34. The fourth-order valence-electron chi connectivity index (χ4n) is 1.89. The van der Waals surface area contributed by atoms with Crippen LogP contribution in [-0.2, 0) is 4.74 Å². The average molecular weight is 256 g/mol. The van der Waals surface area contributed by atoms with Crippen LogP contribution in [0.25, 0.3) is 0 Å². The van der Waals surface area contributed by atoms with Gasteiger partial charge in [0, 0.05) is 30.8 Å². The Balaban J connectivity index is 1.62. The maximum absolute atomic E-state index is 5.87. The van der Waals surface area contributed by atoms with E-state index in [1.165, 1.54) is 0 Å². The molecule has 0 spiro atoms. The first-order valence-corrected chi connectivity index (χ1v) is 6.42. The molecule has 17 heavy (non-hydrogen) atoms. The zero-order valence-corrected chi connectivity index (χ0v) is 10.6. The highest BCUT2D eigenvalue weighted by atomic mass is 35.5. The molecule has 94 valence electrons. The van der Waals surface area contributed by atoms with Crippen LogP contribution < -0.4 is 10.1 Å². The summed E-state index contributed by atoms with van der Waals surface area (Å²) in [6, 6.07) is 8.06. The Labute approximate surface area is 107 Å². The summed E-state index contributed by atoms with van der Waals surface area (Å²) >= 11 is 5.87. The molecule has 1 saturated heterocycles. The summed E-state index contributed by atoms with van der Waals surface area (Å²) in [5.74, 6) is 0.825. The number of ether oxygens (including phenoxy) is 2. The van der Waals surface area contributed by atoms with Crippen molar-refractivity contribution in [1.82, 2.24) is 5.32 Å². The van der Waals surface area contributed by atoms with Crippen molar-refractivity contribution in [2.24, 2.45) is 0 Å². The minimum Gasteiger partial charge on any atom is -0.492 e. The van der Waals surface area contributed by atoms with Crippen LogP contribution >= 0.6 is 11.6 Å². The molecule has 2 rings (SSSR count). The molecular formula is C13H18ClNO2. The van der Waals surface area contributed by atoms with Crippen LogP contribution in [-0.4, -0.2) is 32.4 Å². The third-order valence-electron chi connectivity index (χ3n) is 2.82. The highest BCUT2D eigenvalue weighted by Crippen LogP contribution is 2.16. The van der Waals surface area contributed by atoms with Gasteiger partial charge in [0.1, 0.15) is 12.4 Å². The SMILES string of the molecule is Clc1cccc(OCCNC2CCOCC2)c1. The monoisotopic (exact) mass is 255 g/mol. The summed E-state index contributed by atoms with van der Waals surface area (Å²) in [5.41, 5.74) is 0. The smallest absolute Gasteiger partial charge is 0.120 e. The van der Waals surface area contributed by atoms with Crippen molar-refractivity contribution in [3.63, 3.8) is 0 Å². The van der Waals surface area contributed by atoms with Gasteiger partial charge in [0.05, 0.1) is 0 Å². The lowest BCUT2D eigenvalue weighted by Gasteiger charge is -2.23. The number of rotatable bonds is 5. The predicted molar refractivity (Wildman–Crippen MR) is 68.8 cm³/mol. The van der Waals surface area contributed by atoms with Crippen LogP contribution in [0.2, 0.25) is 5.02 Å². The van der Waals surface area contributed by atoms with Gasteiger partial charge in [-0.25, -0.2) is 0 Å². The van der Waals surface area contributed by atoms with Crippen molar-refractivity contribution in [3.8, 4) is 5.75 Å². The van der Waals surface area contributed by atoms with Crippen LogP contribution in [0, 0.1) is 0 Å². The second-order valence-corrected chi connectivity index (χ2v) is 4.58. The molecule has 0 aliphatic carbocycles. The normalized spacial score (nSPS) is 17.0. The summed E-state index contributed by atoms with van der Waals surface area (Å²) in [7, 11) is 0. The molecule has 0 saturated carbocycles. The molecule has 1 fully saturated rings. The zero-order chi connectivity index (χ0) is 11.9. The number of hydrogen-bond acceptors (Lipinski definition) is 3. The maximum Gasteiger partial charge on any atom is 0.120 e. The molecular weight excluding hydrogens is 238 g/mol. The Morgan fingerprint density at radius 2 is 2.18 bits per heavy atom. The molecule has 1 aromatic carbocycles. The quantitative estimate of drug-likeness (QED) is 0.820. The highest BCUT2D eigenvalue weighted by molar-refractivity contribution is 6.30. The lowest BCUT2D eigenvalue weighted by atomic mass is 10.1. The van der Waals surface area contributed by atoms with E-state index in [0.29, 0.717) is 17.7 Å². The standard InChI is InChI=1S/C13H18ClNO2/c14-11-2-1-3-13(10-11)17-9-6-15-12-4-7-16-8-5-12/h1-3,10,12,15H,4-9H2. The topological polar surface area (TPSA) is 30.5 Å². The van der Waals surface area contributed by atoms with Crippen LogP contribution in [0.15, 0.2) is 24.3 Å². The van der Waals surface area contributed by atoms with Gasteiger partial charge < -0.3 is 14.8 Å². The largest absolute Gasteiger partial charge is 0.492 e. The van der Waals surface area contributed by atoms with Gasteiger partial charge in [-0.05, 0) is 31.0 Å². The molecule has 1 N–H and O–H groups in total. The van der Waals surface area contributed by atoms with Crippen molar-refractivity contribution >= 4 is 11.6 Å². The number of nitrogens with one attached hydrogen (secondary N) is 1. The van der Waals surface area contributed by atoms with Gasteiger partial charge in [-0.1, -0.05) is 17.7 Å². The molecule has 1 aliphatic heterocycles. The van der Waals surface area contributed by atoms with E-state index in [1.807, 2.05) is 24.3 Å². The van der Waals surface area contributed by atoms with Crippen molar-refractivity contribution in [3.05, 3.63) is 29.3 Å². The molecule has 3 nitrogen and oxygen atoms in total. The number of halogens is 1. The van der Waals surface area contributed by atoms with Gasteiger partial charge in [-0.15, -0.1) is 0 Å². The van der Waals surface area contributed by atoms with Gasteiger partial charge in [0.2, 0.25) is 0 Å². The Bertz CT molecular complexity index is 340. The second kappa shape index (κ2) is 6.84. The zero-order valence-electron chi connectivity index (χ0n) is 9.82. The number of benzene rings is 1. The Hall–Kier alpha value is -0.770. The molecule has 0 atom stereocenters. The fourth-order valence-corrected chi connectivity index (χ4v) is 2.07. The summed E-state index contributed by atoms with van der Waals surface area (Å²) in [6.07, 6.45) is 2.19. The minimum atomic E-state index is 0.576. The Morgan fingerprint density at radius 3 is 2.94 bits per heavy atom. The van der Waals surface area contributed by atoms with Crippen molar-refractivity contribution in [2.45, 2.75) is 18.9 Å². The van der Waals surface area contributed by atoms with E-state index in [2.05, 4.69) is 5.32 Å². The molecule has 0 bridgehead atoms. The molecule has 1 heterocycles. The first kappa shape index (κ1) is 12.7. The third-order valence-corrected chi connectivity index (χ3v) is 3.06. The van der Waals surface area contributed by atoms with Gasteiger partial charge in [0.25, 0.3) is 0 Å². The summed E-state index contributed by atoms with van der Waals surface area (Å²) < 4.78 is 10.9. The van der Waals surface area contributed by atoms with Crippen molar-refractivity contribution < 1.29 is 9.47 Å². The van der Waals surface area contributed by atoms with Gasteiger partial charge in [-0.2, -0.15) is 0 Å². The molecule has 0 unspecified atom stereocenters. The van der Waals surface area contributed by atoms with E-state index in [-0.39, 0.29) is 0 Å². The van der Waals surface area contributed by atoms with E-state index < -0.39 is 0 Å². The van der Waals surface area contributed by atoms with Crippen LogP contribution in [0.1, 0.15) is 12.8 Å². The molecule has 0 amide bonds. The van der Waals surface area contributed by atoms with Gasteiger partial charge in [-0.3, -0.25) is 0 Å². The summed E-state index contributed by atoms with van der Waals surface area (Å²) in [4.78, 5) is 0.